The number of carbonyl (C=O) groups is 1. The summed E-state index contributed by atoms with van der Waals surface area (Å²) in [6, 6.07) is 9.21. The molecule has 0 fully saturated rings. The standard InChI is InChI=1S/C19H15BrN4O5/c1-3-18-22-15-6-5-13(20)9-14(15)19(26)23(18)21-10-12-4-7-17(29-11(2)25)16(8-12)24(27)28/h4-10H,3H2,1-2H3. The number of nitrogens with zero attached hydrogens (tertiary/aromatic N) is 4. The lowest BCUT2D eigenvalue weighted by atomic mass is 10.2. The Hall–Kier alpha value is -3.40. The topological polar surface area (TPSA) is 117 Å². The summed E-state index contributed by atoms with van der Waals surface area (Å²) < 4.78 is 6.75. The summed E-state index contributed by atoms with van der Waals surface area (Å²) in [4.78, 5) is 39.0. The molecule has 0 saturated carbocycles. The molecule has 0 atom stereocenters. The number of benzene rings is 2. The van der Waals surface area contributed by atoms with E-state index in [1.165, 1.54) is 29.1 Å². The lowest BCUT2D eigenvalue weighted by Crippen LogP contribution is -2.22. The molecule has 0 aliphatic heterocycles. The zero-order valence-electron chi connectivity index (χ0n) is 15.5. The molecule has 1 heterocycles. The molecule has 2 aromatic carbocycles. The average Bonchev–Trinajstić information content (AvgIpc) is 2.67. The van der Waals surface area contributed by atoms with Gasteiger partial charge in [-0.3, -0.25) is 19.7 Å². The normalized spacial score (nSPS) is 11.1. The minimum absolute atomic E-state index is 0.164. The highest BCUT2D eigenvalue weighted by Gasteiger charge is 2.17. The van der Waals surface area contributed by atoms with Gasteiger partial charge in [-0.25, -0.2) is 4.98 Å². The molecule has 0 saturated heterocycles. The summed E-state index contributed by atoms with van der Waals surface area (Å²) in [5.74, 6) is -0.377. The van der Waals surface area contributed by atoms with E-state index >= 15 is 0 Å². The lowest BCUT2D eigenvalue weighted by molar-refractivity contribution is -0.385. The first-order valence-electron chi connectivity index (χ1n) is 8.52. The maximum absolute atomic E-state index is 12.9. The number of nitro groups is 1. The molecule has 0 spiro atoms. The summed E-state index contributed by atoms with van der Waals surface area (Å²) in [7, 11) is 0. The van der Waals surface area contributed by atoms with Crippen molar-refractivity contribution in [3.63, 3.8) is 0 Å². The smallest absolute Gasteiger partial charge is 0.312 e. The number of esters is 1. The van der Waals surface area contributed by atoms with Crippen LogP contribution in [0.3, 0.4) is 0 Å². The van der Waals surface area contributed by atoms with Crippen LogP contribution in [0.2, 0.25) is 0 Å². The van der Waals surface area contributed by atoms with Crippen LogP contribution in [0.4, 0.5) is 5.69 Å². The average molecular weight is 459 g/mol. The van der Waals surface area contributed by atoms with Gasteiger partial charge in [0.15, 0.2) is 0 Å². The Kier molecular flexibility index (Phi) is 5.83. The Morgan fingerprint density at radius 1 is 1.34 bits per heavy atom. The van der Waals surface area contributed by atoms with Gasteiger partial charge in [0.25, 0.3) is 5.56 Å². The minimum atomic E-state index is -0.665. The Bertz CT molecular complexity index is 1220. The number of halogens is 1. The molecule has 0 radical (unpaired) electrons. The number of aromatic nitrogens is 2. The van der Waals surface area contributed by atoms with Crippen LogP contribution in [-0.2, 0) is 11.2 Å². The van der Waals surface area contributed by atoms with E-state index in [2.05, 4.69) is 26.0 Å². The predicted octanol–water partition coefficient (Wildman–Crippen LogP) is 3.44. The summed E-state index contributed by atoms with van der Waals surface area (Å²) >= 11 is 3.33. The maximum atomic E-state index is 12.9. The van der Waals surface area contributed by atoms with Gasteiger partial charge in [-0.05, 0) is 30.3 Å². The number of fused-ring (bicyclic) bond motifs is 1. The van der Waals surface area contributed by atoms with Crippen molar-refractivity contribution in [1.82, 2.24) is 9.66 Å². The van der Waals surface area contributed by atoms with Crippen LogP contribution in [0.1, 0.15) is 25.2 Å². The predicted molar refractivity (Wildman–Crippen MR) is 110 cm³/mol. The van der Waals surface area contributed by atoms with E-state index in [0.29, 0.717) is 28.7 Å². The van der Waals surface area contributed by atoms with Crippen LogP contribution in [-0.4, -0.2) is 26.8 Å². The number of nitro benzene ring substituents is 1. The number of carbonyl (C=O) groups excluding carboxylic acids is 1. The van der Waals surface area contributed by atoms with Gasteiger partial charge in [0.05, 0.1) is 22.0 Å². The Labute approximate surface area is 172 Å². The molecule has 9 nitrogen and oxygen atoms in total. The number of ether oxygens (including phenoxy) is 1. The monoisotopic (exact) mass is 458 g/mol. The summed E-state index contributed by atoms with van der Waals surface area (Å²) in [6.07, 6.45) is 1.78. The molecule has 0 N–H and O–H groups in total. The molecule has 1 aromatic heterocycles. The van der Waals surface area contributed by atoms with E-state index in [-0.39, 0.29) is 17.0 Å². The van der Waals surface area contributed by atoms with E-state index in [1.807, 2.05) is 6.92 Å². The van der Waals surface area contributed by atoms with Crippen molar-refractivity contribution in [3.05, 3.63) is 72.7 Å². The zero-order chi connectivity index (χ0) is 21.1. The van der Waals surface area contributed by atoms with E-state index in [9.17, 15) is 19.7 Å². The van der Waals surface area contributed by atoms with Crippen LogP contribution in [0.25, 0.3) is 10.9 Å². The van der Waals surface area contributed by atoms with Gasteiger partial charge in [0.1, 0.15) is 5.82 Å². The van der Waals surface area contributed by atoms with E-state index in [4.69, 9.17) is 4.74 Å². The molecule has 0 bridgehead atoms. The molecule has 0 amide bonds. The summed E-state index contributed by atoms with van der Waals surface area (Å²) in [6.45, 7) is 3.00. The largest absolute Gasteiger partial charge is 0.419 e. The Morgan fingerprint density at radius 3 is 2.76 bits per heavy atom. The van der Waals surface area contributed by atoms with Gasteiger partial charge in [0.2, 0.25) is 5.75 Å². The fourth-order valence-corrected chi connectivity index (χ4v) is 3.03. The third-order valence-corrected chi connectivity index (χ3v) is 4.44. The van der Waals surface area contributed by atoms with Crippen molar-refractivity contribution in [2.45, 2.75) is 20.3 Å². The highest BCUT2D eigenvalue weighted by Crippen LogP contribution is 2.27. The van der Waals surface area contributed by atoms with Crippen LogP contribution in [0, 0.1) is 10.1 Å². The van der Waals surface area contributed by atoms with Crippen molar-refractivity contribution in [2.24, 2.45) is 5.10 Å². The molecule has 0 aliphatic rings. The van der Waals surface area contributed by atoms with Crippen LogP contribution in [0.15, 0.2) is 50.8 Å². The first kappa shape index (κ1) is 20.3. The molecular weight excluding hydrogens is 444 g/mol. The minimum Gasteiger partial charge on any atom is -0.419 e. The fraction of sp³-hybridized carbons (Fsp3) is 0.158. The van der Waals surface area contributed by atoms with Gasteiger partial charge in [-0.2, -0.15) is 9.78 Å². The molecule has 148 valence electrons. The van der Waals surface area contributed by atoms with Crippen molar-refractivity contribution < 1.29 is 14.5 Å². The molecule has 29 heavy (non-hydrogen) atoms. The summed E-state index contributed by atoms with van der Waals surface area (Å²) in [5.41, 5.74) is 0.182. The Morgan fingerprint density at radius 2 is 2.10 bits per heavy atom. The van der Waals surface area contributed by atoms with Crippen LogP contribution in [0.5, 0.6) is 5.75 Å². The van der Waals surface area contributed by atoms with Gasteiger partial charge < -0.3 is 4.74 Å². The SMILES string of the molecule is CCc1nc2ccc(Br)cc2c(=O)n1N=Cc1ccc(OC(C)=O)c([N+](=O)[O-])c1. The van der Waals surface area contributed by atoms with Crippen LogP contribution < -0.4 is 10.3 Å². The molecule has 3 aromatic rings. The van der Waals surface area contributed by atoms with Crippen molar-refractivity contribution in [2.75, 3.05) is 0 Å². The molecule has 10 heteroatoms. The molecule has 3 rings (SSSR count). The number of aryl methyl sites for hydroxylation is 1. The van der Waals surface area contributed by atoms with Crippen LogP contribution >= 0.6 is 15.9 Å². The van der Waals surface area contributed by atoms with E-state index < -0.39 is 10.9 Å². The van der Waals surface area contributed by atoms with Gasteiger partial charge >= 0.3 is 11.7 Å². The second-order valence-electron chi connectivity index (χ2n) is 5.98. The second-order valence-corrected chi connectivity index (χ2v) is 6.90. The molecule has 0 unspecified atom stereocenters. The summed E-state index contributed by atoms with van der Waals surface area (Å²) in [5, 5.41) is 15.8. The van der Waals surface area contributed by atoms with Crippen molar-refractivity contribution in [3.8, 4) is 5.75 Å². The highest BCUT2D eigenvalue weighted by atomic mass is 79.9. The van der Waals surface area contributed by atoms with Gasteiger partial charge in [-0.15, -0.1) is 0 Å². The first-order chi connectivity index (χ1) is 13.8. The first-order valence-corrected chi connectivity index (χ1v) is 9.32. The van der Waals surface area contributed by atoms with Gasteiger partial charge in [0, 0.05) is 29.4 Å². The van der Waals surface area contributed by atoms with Gasteiger partial charge in [-0.1, -0.05) is 22.9 Å². The number of rotatable bonds is 5. The Balaban J connectivity index is 2.07. The lowest BCUT2D eigenvalue weighted by Gasteiger charge is -2.08. The fourth-order valence-electron chi connectivity index (χ4n) is 2.67. The van der Waals surface area contributed by atoms with Crippen molar-refractivity contribution >= 4 is 44.7 Å². The molecular formula is C19H15BrN4O5. The quantitative estimate of drug-likeness (QED) is 0.190. The third kappa shape index (κ3) is 4.37. The van der Waals surface area contributed by atoms with E-state index in [0.717, 1.165) is 11.4 Å². The highest BCUT2D eigenvalue weighted by molar-refractivity contribution is 9.10. The van der Waals surface area contributed by atoms with Crippen molar-refractivity contribution in [1.29, 1.82) is 0 Å². The molecule has 0 aliphatic carbocycles. The van der Waals surface area contributed by atoms with E-state index in [1.54, 1.807) is 18.2 Å². The third-order valence-electron chi connectivity index (χ3n) is 3.95. The second kappa shape index (κ2) is 8.31. The number of hydrogen-bond acceptors (Lipinski definition) is 7. The maximum Gasteiger partial charge on any atom is 0.312 e. The number of hydrogen-bond donors (Lipinski definition) is 0. The zero-order valence-corrected chi connectivity index (χ0v) is 17.0.